The molecule has 3 aromatic carbocycles. The minimum absolute atomic E-state index is 0.0642. The summed E-state index contributed by atoms with van der Waals surface area (Å²) in [5.41, 5.74) is 2.68. The Morgan fingerprint density at radius 3 is 2.38 bits per heavy atom. The maximum atomic E-state index is 12.9. The van der Waals surface area contributed by atoms with Crippen LogP contribution in [-0.2, 0) is 17.1 Å². The van der Waals surface area contributed by atoms with Gasteiger partial charge >= 0.3 is 0 Å². The summed E-state index contributed by atoms with van der Waals surface area (Å²) in [6.45, 7) is 1.87. The summed E-state index contributed by atoms with van der Waals surface area (Å²) in [5, 5.41) is 20.9. The Labute approximate surface area is 185 Å². The van der Waals surface area contributed by atoms with Crippen molar-refractivity contribution in [1.82, 2.24) is 9.55 Å². The molecule has 2 N–H and O–H groups in total. The van der Waals surface area contributed by atoms with Crippen LogP contribution >= 0.6 is 0 Å². The van der Waals surface area contributed by atoms with Gasteiger partial charge in [-0.3, -0.25) is 4.72 Å². The third-order valence-corrected chi connectivity index (χ3v) is 6.50. The molecule has 32 heavy (non-hydrogen) atoms. The van der Waals surface area contributed by atoms with Crippen molar-refractivity contribution < 1.29 is 13.5 Å². The molecule has 7 nitrogen and oxygen atoms in total. The normalized spacial score (nSPS) is 12.3. The summed E-state index contributed by atoms with van der Waals surface area (Å²) >= 11 is 0. The van der Waals surface area contributed by atoms with E-state index in [0.717, 1.165) is 11.1 Å². The quantitative estimate of drug-likeness (QED) is 0.345. The highest BCUT2D eigenvalue weighted by atomic mass is 32.2. The van der Waals surface area contributed by atoms with Crippen LogP contribution in [0.4, 0.5) is 5.69 Å². The van der Waals surface area contributed by atoms with Gasteiger partial charge in [0.05, 0.1) is 21.6 Å². The second-order valence-electron chi connectivity index (χ2n) is 7.28. The van der Waals surface area contributed by atoms with Crippen molar-refractivity contribution in [2.75, 3.05) is 4.72 Å². The maximum absolute atomic E-state index is 12.9. The monoisotopic (exact) mass is 444 g/mol. The maximum Gasteiger partial charge on any atom is 0.261 e. The molecule has 0 saturated heterocycles. The number of nitriles is 1. The fraction of sp³-hybridized carbons (Fsp3) is 0.0833. The highest BCUT2D eigenvalue weighted by Crippen LogP contribution is 2.31. The Morgan fingerprint density at radius 1 is 1.03 bits per heavy atom. The van der Waals surface area contributed by atoms with Crippen LogP contribution in [0.3, 0.4) is 0 Å². The molecule has 8 heteroatoms. The van der Waals surface area contributed by atoms with Crippen LogP contribution in [0.2, 0.25) is 0 Å². The van der Waals surface area contributed by atoms with Gasteiger partial charge in [0, 0.05) is 12.6 Å². The molecule has 0 amide bonds. The first-order chi connectivity index (χ1) is 15.3. The number of fused-ring (bicyclic) bond motifs is 1. The van der Waals surface area contributed by atoms with Gasteiger partial charge in [-0.2, -0.15) is 5.26 Å². The summed E-state index contributed by atoms with van der Waals surface area (Å²) in [6.07, 6.45) is 0. The molecule has 160 valence electrons. The van der Waals surface area contributed by atoms with Crippen molar-refractivity contribution in [2.45, 2.75) is 11.8 Å². The van der Waals surface area contributed by atoms with E-state index in [9.17, 15) is 18.8 Å². The Balaban J connectivity index is 1.81. The van der Waals surface area contributed by atoms with E-state index in [0.29, 0.717) is 5.52 Å². The van der Waals surface area contributed by atoms with Gasteiger partial charge in [-0.25, -0.2) is 13.4 Å². The topological polar surface area (TPSA) is 108 Å². The van der Waals surface area contributed by atoms with Crippen LogP contribution in [-0.4, -0.2) is 23.1 Å². The highest BCUT2D eigenvalue weighted by molar-refractivity contribution is 7.92. The number of hydrogen-bond donors (Lipinski definition) is 2. The van der Waals surface area contributed by atoms with Crippen molar-refractivity contribution in [3.8, 4) is 6.07 Å². The first kappa shape index (κ1) is 21.2. The van der Waals surface area contributed by atoms with E-state index < -0.39 is 10.0 Å². The molecule has 0 aliphatic heterocycles. The molecule has 0 unspecified atom stereocenters. The molecule has 0 saturated carbocycles. The Bertz CT molecular complexity index is 1490. The lowest BCUT2D eigenvalue weighted by molar-refractivity contribution is 0.514. The van der Waals surface area contributed by atoms with Gasteiger partial charge in [0.15, 0.2) is 5.82 Å². The average molecular weight is 445 g/mol. The molecule has 4 rings (SSSR count). The lowest BCUT2D eigenvalue weighted by Gasteiger charge is -2.13. The predicted octanol–water partition coefficient (Wildman–Crippen LogP) is 4.63. The van der Waals surface area contributed by atoms with E-state index in [1.165, 1.54) is 18.2 Å². The lowest BCUT2D eigenvalue weighted by atomic mass is 10.1. The van der Waals surface area contributed by atoms with E-state index in [4.69, 9.17) is 0 Å². The zero-order valence-electron chi connectivity index (χ0n) is 17.4. The van der Waals surface area contributed by atoms with E-state index in [-0.39, 0.29) is 33.3 Å². The number of nitrogens with zero attached hydrogens (tertiary/aromatic N) is 3. The van der Waals surface area contributed by atoms with Gasteiger partial charge in [0.25, 0.3) is 10.0 Å². The fourth-order valence-corrected chi connectivity index (χ4v) is 4.49. The number of anilines is 1. The molecule has 1 heterocycles. The van der Waals surface area contributed by atoms with E-state index in [1.807, 2.05) is 37.3 Å². The number of sulfonamides is 1. The first-order valence-electron chi connectivity index (χ1n) is 9.76. The second kappa shape index (κ2) is 8.21. The number of rotatable bonds is 5. The van der Waals surface area contributed by atoms with Crippen molar-refractivity contribution in [3.63, 3.8) is 0 Å². The molecule has 1 aromatic heterocycles. The van der Waals surface area contributed by atoms with Crippen LogP contribution in [0.15, 0.2) is 77.7 Å². The largest absolute Gasteiger partial charge is 0.506 e. The number of hydrogen-bond acceptors (Lipinski definition) is 5. The minimum Gasteiger partial charge on any atom is -0.506 e. The molecule has 0 fully saturated rings. The summed E-state index contributed by atoms with van der Waals surface area (Å²) < 4.78 is 30.0. The summed E-state index contributed by atoms with van der Waals surface area (Å²) in [6, 6.07) is 22.2. The number of aliphatic hydroxyl groups is 1. The standard InChI is InChI=1S/C24H20N4O3S/c1-16-11-13-17(14-12-16)32(30,31)27-20-8-4-3-7-18(20)23(29)19(15-25)24-26-21-9-5-6-10-22(21)28(24)2/h3-14,27,29H,1-2H3/b23-19+. The number of aliphatic hydroxyl groups excluding tert-OH is 1. The van der Waals surface area contributed by atoms with Crippen LogP contribution in [0.1, 0.15) is 17.0 Å². The van der Waals surface area contributed by atoms with Gasteiger partial charge in [-0.1, -0.05) is 42.0 Å². The smallest absolute Gasteiger partial charge is 0.261 e. The summed E-state index contributed by atoms with van der Waals surface area (Å²) in [4.78, 5) is 4.57. The lowest BCUT2D eigenvalue weighted by Crippen LogP contribution is -2.14. The van der Waals surface area contributed by atoms with Crippen LogP contribution in [0.5, 0.6) is 0 Å². The van der Waals surface area contributed by atoms with Crippen molar-refractivity contribution in [1.29, 1.82) is 5.26 Å². The first-order valence-corrected chi connectivity index (χ1v) is 11.2. The van der Waals surface area contributed by atoms with Crippen molar-refractivity contribution in [3.05, 3.63) is 89.7 Å². The number of nitrogens with one attached hydrogen (secondary N) is 1. The molecule has 0 bridgehead atoms. The number of aryl methyl sites for hydroxylation is 2. The zero-order chi connectivity index (χ0) is 22.9. The number of imidazole rings is 1. The molecule has 4 aromatic rings. The number of para-hydroxylation sites is 3. The van der Waals surface area contributed by atoms with Gasteiger partial charge in [0.2, 0.25) is 0 Å². The molecule has 0 aliphatic carbocycles. The van der Waals surface area contributed by atoms with Gasteiger partial charge in [-0.05, 0) is 43.3 Å². The minimum atomic E-state index is -3.90. The second-order valence-corrected chi connectivity index (χ2v) is 8.97. The third kappa shape index (κ3) is 3.82. The number of benzene rings is 3. The zero-order valence-corrected chi connectivity index (χ0v) is 18.3. The molecule has 0 radical (unpaired) electrons. The molecule has 0 aliphatic rings. The van der Waals surface area contributed by atoms with E-state index in [2.05, 4.69) is 9.71 Å². The van der Waals surface area contributed by atoms with Crippen LogP contribution in [0.25, 0.3) is 22.4 Å². The molecule has 0 spiro atoms. The Kier molecular flexibility index (Phi) is 5.43. The number of allylic oxidation sites excluding steroid dienone is 1. The van der Waals surface area contributed by atoms with Crippen molar-refractivity contribution in [2.24, 2.45) is 7.05 Å². The van der Waals surface area contributed by atoms with Crippen LogP contribution < -0.4 is 4.72 Å². The van der Waals surface area contributed by atoms with Gasteiger partial charge in [0.1, 0.15) is 17.4 Å². The number of aromatic nitrogens is 2. The van der Waals surface area contributed by atoms with Crippen LogP contribution in [0, 0.1) is 18.3 Å². The third-order valence-electron chi connectivity index (χ3n) is 5.12. The molecule has 0 atom stereocenters. The highest BCUT2D eigenvalue weighted by Gasteiger charge is 2.21. The van der Waals surface area contributed by atoms with E-state index >= 15 is 0 Å². The SMILES string of the molecule is Cc1ccc(S(=O)(=O)Nc2ccccc2/C(O)=C(/C#N)c2nc3ccccc3n2C)cc1. The van der Waals surface area contributed by atoms with Gasteiger partial charge < -0.3 is 9.67 Å². The average Bonchev–Trinajstić information content (AvgIpc) is 3.11. The van der Waals surface area contributed by atoms with E-state index in [1.54, 1.807) is 41.9 Å². The Hall–Kier alpha value is -4.09. The van der Waals surface area contributed by atoms with Crippen molar-refractivity contribution >= 4 is 38.1 Å². The summed E-state index contributed by atoms with van der Waals surface area (Å²) in [5.74, 6) is -0.0875. The molecular formula is C24H20N4O3S. The predicted molar refractivity (Wildman–Crippen MR) is 124 cm³/mol. The summed E-state index contributed by atoms with van der Waals surface area (Å²) in [7, 11) is -2.15. The van der Waals surface area contributed by atoms with Gasteiger partial charge in [-0.15, -0.1) is 0 Å². The molecular weight excluding hydrogens is 424 g/mol. The Morgan fingerprint density at radius 2 is 1.69 bits per heavy atom. The fourth-order valence-electron chi connectivity index (χ4n) is 3.41.